The van der Waals surface area contributed by atoms with Crippen LogP contribution in [0.3, 0.4) is 0 Å². The fourth-order valence-electron chi connectivity index (χ4n) is 0.836. The fraction of sp³-hybridized carbons (Fsp3) is 0.750. The van der Waals surface area contributed by atoms with Crippen molar-refractivity contribution >= 4 is 11.9 Å². The summed E-state index contributed by atoms with van der Waals surface area (Å²) in [5.74, 6) is -1.12. The molecule has 0 unspecified atom stereocenters. The van der Waals surface area contributed by atoms with Crippen molar-refractivity contribution in [1.82, 2.24) is 5.48 Å². The number of nitrogens with one attached hydrogen (secondary N) is 1. The summed E-state index contributed by atoms with van der Waals surface area (Å²) >= 11 is 0. The first-order valence-corrected chi connectivity index (χ1v) is 4.35. The van der Waals surface area contributed by atoms with Crippen molar-refractivity contribution in [1.29, 1.82) is 0 Å². The lowest BCUT2D eigenvalue weighted by Gasteiger charge is -2.15. The number of rotatable bonds is 6. The quantitative estimate of drug-likeness (QED) is 0.402. The first kappa shape index (κ1) is 12.9. The normalized spacial score (nSPS) is 12.6. The Bertz CT molecular complexity index is 206. The number of primary amides is 1. The molecule has 0 bridgehead atoms. The van der Waals surface area contributed by atoms with Gasteiger partial charge in [0.15, 0.2) is 0 Å². The van der Waals surface area contributed by atoms with Gasteiger partial charge in [0.1, 0.15) is 6.04 Å². The molecule has 6 nitrogen and oxygen atoms in total. The van der Waals surface area contributed by atoms with Gasteiger partial charge < -0.3 is 15.7 Å². The topological polar surface area (TPSA) is 102 Å². The zero-order valence-electron chi connectivity index (χ0n) is 8.32. The largest absolute Gasteiger partial charge is 0.462 e. The smallest absolute Gasteiger partial charge is 0.325 e. The number of esters is 1. The molecule has 6 heteroatoms. The average Bonchev–Trinajstić information content (AvgIpc) is 2.03. The van der Waals surface area contributed by atoms with E-state index in [1.165, 1.54) is 0 Å². The second-order valence-corrected chi connectivity index (χ2v) is 3.17. The number of nitrogens with two attached hydrogens (primary N) is 1. The van der Waals surface area contributed by atoms with Gasteiger partial charge in [-0.1, -0.05) is 0 Å². The van der Waals surface area contributed by atoms with Gasteiger partial charge in [-0.3, -0.25) is 9.59 Å². The van der Waals surface area contributed by atoms with Crippen LogP contribution in [0.15, 0.2) is 0 Å². The Morgan fingerprint density at radius 3 is 2.43 bits per heavy atom. The molecule has 0 aromatic carbocycles. The number of carbonyl (C=O) groups excluding carboxylic acids is 2. The maximum Gasteiger partial charge on any atom is 0.325 e. The van der Waals surface area contributed by atoms with Crippen molar-refractivity contribution in [2.24, 2.45) is 5.73 Å². The molecule has 0 aliphatic rings. The van der Waals surface area contributed by atoms with Gasteiger partial charge in [0.2, 0.25) is 5.91 Å². The van der Waals surface area contributed by atoms with Gasteiger partial charge in [0.25, 0.3) is 0 Å². The molecule has 1 atom stereocenters. The number of hydrogen-bond acceptors (Lipinski definition) is 5. The summed E-state index contributed by atoms with van der Waals surface area (Å²) in [4.78, 5) is 21.6. The number of amides is 1. The summed E-state index contributed by atoms with van der Waals surface area (Å²) in [7, 11) is 0. The number of hydrogen-bond donors (Lipinski definition) is 3. The van der Waals surface area contributed by atoms with E-state index in [0.717, 1.165) is 0 Å². The van der Waals surface area contributed by atoms with Crippen LogP contribution >= 0.6 is 0 Å². The van der Waals surface area contributed by atoms with Crippen molar-refractivity contribution in [3.8, 4) is 0 Å². The Hall–Kier alpha value is -1.14. The molecular weight excluding hydrogens is 188 g/mol. The highest BCUT2D eigenvalue weighted by Gasteiger charge is 2.20. The van der Waals surface area contributed by atoms with Gasteiger partial charge in [-0.15, -0.1) is 0 Å². The van der Waals surface area contributed by atoms with Crippen LogP contribution in [0, 0.1) is 0 Å². The minimum Gasteiger partial charge on any atom is -0.462 e. The van der Waals surface area contributed by atoms with E-state index in [1.807, 2.05) is 0 Å². The third-order valence-electron chi connectivity index (χ3n) is 1.47. The van der Waals surface area contributed by atoms with E-state index in [1.54, 1.807) is 19.3 Å². The number of carbonyl (C=O) groups is 2. The minimum absolute atomic E-state index is 0.0193. The van der Waals surface area contributed by atoms with E-state index in [-0.39, 0.29) is 18.9 Å². The number of ether oxygens (including phenoxy) is 1. The lowest BCUT2D eigenvalue weighted by molar-refractivity contribution is -0.153. The molecule has 0 rings (SSSR count). The molecule has 0 heterocycles. The second-order valence-electron chi connectivity index (χ2n) is 3.17. The van der Waals surface area contributed by atoms with Crippen LogP contribution in [0.5, 0.6) is 0 Å². The van der Waals surface area contributed by atoms with Gasteiger partial charge in [-0.2, -0.15) is 5.48 Å². The Morgan fingerprint density at radius 2 is 2.07 bits per heavy atom. The summed E-state index contributed by atoms with van der Waals surface area (Å²) in [6.45, 7) is 3.39. The molecule has 82 valence electrons. The number of hydroxylamine groups is 1. The SMILES string of the molecule is CC(C)OC(=O)[C@H](CCC(N)=O)NO. The van der Waals surface area contributed by atoms with E-state index >= 15 is 0 Å². The van der Waals surface area contributed by atoms with Crippen LogP contribution in [0.4, 0.5) is 0 Å². The predicted molar refractivity (Wildman–Crippen MR) is 48.4 cm³/mol. The van der Waals surface area contributed by atoms with Crippen LogP contribution in [-0.2, 0) is 14.3 Å². The van der Waals surface area contributed by atoms with Crippen LogP contribution in [-0.4, -0.2) is 29.2 Å². The molecule has 0 fully saturated rings. The third-order valence-corrected chi connectivity index (χ3v) is 1.47. The summed E-state index contributed by atoms with van der Waals surface area (Å²) in [6, 6.07) is -0.898. The zero-order valence-corrected chi connectivity index (χ0v) is 8.32. The van der Waals surface area contributed by atoms with Crippen molar-refractivity contribution in [3.05, 3.63) is 0 Å². The summed E-state index contributed by atoms with van der Waals surface area (Å²) < 4.78 is 4.82. The maximum atomic E-state index is 11.2. The Morgan fingerprint density at radius 1 is 1.50 bits per heavy atom. The predicted octanol–water partition coefficient (Wildman–Crippen LogP) is -0.449. The molecular formula is C8H16N2O4. The summed E-state index contributed by atoms with van der Waals surface area (Å²) in [6.07, 6.45) is -0.116. The zero-order chi connectivity index (χ0) is 11.1. The Labute approximate surface area is 82.4 Å². The molecule has 14 heavy (non-hydrogen) atoms. The lowest BCUT2D eigenvalue weighted by atomic mass is 10.1. The Balaban J connectivity index is 3.99. The standard InChI is InChI=1S/C8H16N2O4/c1-5(2)14-8(12)6(10-13)3-4-7(9)11/h5-6,10,13H,3-4H2,1-2H3,(H2,9,11)/t6-/m0/s1. The summed E-state index contributed by atoms with van der Waals surface area (Å²) in [5.41, 5.74) is 6.68. The minimum atomic E-state index is -0.898. The molecule has 1 amide bonds. The monoisotopic (exact) mass is 204 g/mol. The molecule has 0 aliphatic heterocycles. The van der Waals surface area contributed by atoms with Crippen LogP contribution in [0.2, 0.25) is 0 Å². The molecule has 0 aromatic heterocycles. The lowest BCUT2D eigenvalue weighted by Crippen LogP contribution is -2.38. The molecule has 0 saturated carbocycles. The highest BCUT2D eigenvalue weighted by Crippen LogP contribution is 2.01. The molecule has 0 aromatic rings. The van der Waals surface area contributed by atoms with Crippen LogP contribution < -0.4 is 11.2 Å². The van der Waals surface area contributed by atoms with E-state index in [0.29, 0.717) is 0 Å². The van der Waals surface area contributed by atoms with Crippen molar-refractivity contribution in [2.45, 2.75) is 38.8 Å². The van der Waals surface area contributed by atoms with Gasteiger partial charge in [0.05, 0.1) is 6.10 Å². The Kier molecular flexibility index (Phi) is 5.82. The molecule has 0 saturated heterocycles. The molecule has 0 radical (unpaired) electrons. The van der Waals surface area contributed by atoms with E-state index in [9.17, 15) is 9.59 Å². The van der Waals surface area contributed by atoms with Crippen LogP contribution in [0.1, 0.15) is 26.7 Å². The second kappa shape index (κ2) is 6.33. The highest BCUT2D eigenvalue weighted by molar-refractivity contribution is 5.78. The third kappa shape index (κ3) is 5.50. The molecule has 0 spiro atoms. The van der Waals surface area contributed by atoms with Crippen molar-refractivity contribution in [3.63, 3.8) is 0 Å². The maximum absolute atomic E-state index is 11.2. The van der Waals surface area contributed by atoms with E-state index < -0.39 is 17.9 Å². The van der Waals surface area contributed by atoms with Gasteiger partial charge in [0, 0.05) is 6.42 Å². The average molecular weight is 204 g/mol. The molecule has 4 N–H and O–H groups in total. The first-order chi connectivity index (χ1) is 6.47. The van der Waals surface area contributed by atoms with Gasteiger partial charge >= 0.3 is 5.97 Å². The van der Waals surface area contributed by atoms with Gasteiger partial charge in [-0.25, -0.2) is 0 Å². The highest BCUT2D eigenvalue weighted by atomic mass is 16.6. The molecule has 0 aliphatic carbocycles. The van der Waals surface area contributed by atoms with E-state index in [2.05, 4.69) is 0 Å². The van der Waals surface area contributed by atoms with Crippen molar-refractivity contribution < 1.29 is 19.5 Å². The van der Waals surface area contributed by atoms with Crippen molar-refractivity contribution in [2.75, 3.05) is 0 Å². The van der Waals surface area contributed by atoms with Gasteiger partial charge in [-0.05, 0) is 20.3 Å². The fourth-order valence-corrected chi connectivity index (χ4v) is 0.836. The first-order valence-electron chi connectivity index (χ1n) is 4.35. The van der Waals surface area contributed by atoms with E-state index in [4.69, 9.17) is 15.7 Å². The van der Waals surface area contributed by atoms with Crippen LogP contribution in [0.25, 0.3) is 0 Å². The summed E-state index contributed by atoms with van der Waals surface area (Å²) in [5, 5.41) is 8.62.